The Morgan fingerprint density at radius 1 is 1.33 bits per heavy atom. The molecule has 0 amide bonds. The van der Waals surface area contributed by atoms with Gasteiger partial charge >= 0.3 is 5.97 Å². The Morgan fingerprint density at radius 3 is 2.62 bits per heavy atom. The van der Waals surface area contributed by atoms with Gasteiger partial charge < -0.3 is 10.4 Å². The summed E-state index contributed by atoms with van der Waals surface area (Å²) in [4.78, 5) is 21.2. The molecule has 0 atom stereocenters. The Morgan fingerprint density at radius 2 is 2.05 bits per heavy atom. The molecule has 2 rings (SSSR count). The van der Waals surface area contributed by atoms with Gasteiger partial charge in [0.1, 0.15) is 5.82 Å². The van der Waals surface area contributed by atoms with Crippen molar-refractivity contribution in [3.05, 3.63) is 62.9 Å². The Hall–Kier alpha value is -2.67. The second-order valence-corrected chi connectivity index (χ2v) is 4.45. The summed E-state index contributed by atoms with van der Waals surface area (Å²) in [5.41, 5.74) is -0.589. The molecule has 0 unspecified atom stereocenters. The van der Waals surface area contributed by atoms with Gasteiger partial charge in [0.2, 0.25) is 0 Å². The van der Waals surface area contributed by atoms with Crippen molar-refractivity contribution in [1.29, 1.82) is 0 Å². The van der Waals surface area contributed by atoms with Crippen molar-refractivity contribution in [2.45, 2.75) is 0 Å². The minimum atomic E-state index is -1.39. The summed E-state index contributed by atoms with van der Waals surface area (Å²) < 4.78 is 13.1. The fraction of sp³-hybridized carbons (Fsp3) is 0. The number of halogens is 2. The molecule has 0 saturated heterocycles. The molecule has 0 spiro atoms. The number of nitro groups is 1. The van der Waals surface area contributed by atoms with Gasteiger partial charge in [0.25, 0.3) is 5.69 Å². The van der Waals surface area contributed by atoms with Crippen LogP contribution in [0.3, 0.4) is 0 Å². The number of hydrogen-bond donors (Lipinski definition) is 2. The summed E-state index contributed by atoms with van der Waals surface area (Å²) >= 11 is 5.89. The SMILES string of the molecule is O=C(O)c1cc([N+](=O)[O-])cc(Cl)c1Nc1cccc(F)c1. The molecular formula is C13H8ClFN2O4. The lowest BCUT2D eigenvalue weighted by molar-refractivity contribution is -0.384. The second-order valence-electron chi connectivity index (χ2n) is 4.05. The number of aromatic carboxylic acids is 1. The van der Waals surface area contributed by atoms with E-state index in [2.05, 4.69) is 5.32 Å². The van der Waals surface area contributed by atoms with E-state index in [1.807, 2.05) is 0 Å². The Labute approximate surface area is 122 Å². The van der Waals surface area contributed by atoms with Crippen LogP contribution in [0.25, 0.3) is 0 Å². The molecule has 0 aliphatic rings. The number of carboxylic acid groups (broad SMARTS) is 1. The summed E-state index contributed by atoms with van der Waals surface area (Å²) in [6, 6.07) is 7.21. The molecule has 108 valence electrons. The Bertz CT molecular complexity index is 736. The summed E-state index contributed by atoms with van der Waals surface area (Å²) in [5, 5.41) is 22.4. The number of benzene rings is 2. The normalized spacial score (nSPS) is 10.2. The van der Waals surface area contributed by atoms with Gasteiger partial charge in [-0.1, -0.05) is 17.7 Å². The molecule has 6 nitrogen and oxygen atoms in total. The van der Waals surface area contributed by atoms with Crippen molar-refractivity contribution < 1.29 is 19.2 Å². The van der Waals surface area contributed by atoms with Crippen molar-refractivity contribution in [2.24, 2.45) is 0 Å². The minimum Gasteiger partial charge on any atom is -0.478 e. The van der Waals surface area contributed by atoms with E-state index in [9.17, 15) is 19.3 Å². The molecule has 0 aliphatic carbocycles. The van der Waals surface area contributed by atoms with E-state index in [0.717, 1.165) is 18.2 Å². The fourth-order valence-corrected chi connectivity index (χ4v) is 1.96. The van der Waals surface area contributed by atoms with E-state index in [1.165, 1.54) is 18.2 Å². The number of nitro benzene ring substituents is 1. The highest BCUT2D eigenvalue weighted by Gasteiger charge is 2.20. The van der Waals surface area contributed by atoms with E-state index in [4.69, 9.17) is 16.7 Å². The molecule has 2 aromatic rings. The van der Waals surface area contributed by atoms with Gasteiger partial charge in [-0.2, -0.15) is 0 Å². The van der Waals surface area contributed by atoms with Crippen molar-refractivity contribution >= 4 is 34.6 Å². The topological polar surface area (TPSA) is 92.5 Å². The number of anilines is 2. The largest absolute Gasteiger partial charge is 0.478 e. The van der Waals surface area contributed by atoms with Crippen LogP contribution in [0, 0.1) is 15.9 Å². The van der Waals surface area contributed by atoms with E-state index in [-0.39, 0.29) is 22.0 Å². The third-order valence-corrected chi connectivity index (χ3v) is 2.91. The van der Waals surface area contributed by atoms with Crippen molar-refractivity contribution in [2.75, 3.05) is 5.32 Å². The molecular weight excluding hydrogens is 303 g/mol. The number of rotatable bonds is 4. The van der Waals surface area contributed by atoms with Crippen LogP contribution >= 0.6 is 11.6 Å². The van der Waals surface area contributed by atoms with Gasteiger partial charge in [-0.15, -0.1) is 0 Å². The van der Waals surface area contributed by atoms with Crippen molar-refractivity contribution in [3.63, 3.8) is 0 Å². The molecule has 0 aliphatic heterocycles. The lowest BCUT2D eigenvalue weighted by Gasteiger charge is -2.11. The zero-order valence-electron chi connectivity index (χ0n) is 10.3. The number of hydrogen-bond acceptors (Lipinski definition) is 4. The van der Waals surface area contributed by atoms with Gasteiger partial charge in [-0.05, 0) is 18.2 Å². The maximum absolute atomic E-state index is 13.1. The maximum atomic E-state index is 13.1. The zero-order chi connectivity index (χ0) is 15.6. The third-order valence-electron chi connectivity index (χ3n) is 2.61. The van der Waals surface area contributed by atoms with Crippen LogP contribution < -0.4 is 5.32 Å². The molecule has 21 heavy (non-hydrogen) atoms. The molecule has 0 heterocycles. The summed E-state index contributed by atoms with van der Waals surface area (Å²) in [6.07, 6.45) is 0. The molecule has 0 fully saturated rings. The first-order chi connectivity index (χ1) is 9.88. The van der Waals surface area contributed by atoms with E-state index < -0.39 is 22.4 Å². The van der Waals surface area contributed by atoms with Crippen LogP contribution in [-0.4, -0.2) is 16.0 Å². The maximum Gasteiger partial charge on any atom is 0.338 e. The van der Waals surface area contributed by atoms with Gasteiger partial charge in [-0.25, -0.2) is 9.18 Å². The Kier molecular flexibility index (Phi) is 4.04. The first kappa shape index (κ1) is 14.7. The lowest BCUT2D eigenvalue weighted by Crippen LogP contribution is -2.05. The standard InChI is InChI=1S/C13H8ClFN2O4/c14-11-6-9(17(20)21)5-10(13(18)19)12(11)16-8-3-1-2-7(15)4-8/h1-6,16H,(H,18,19). The molecule has 0 bridgehead atoms. The fourth-order valence-electron chi connectivity index (χ4n) is 1.70. The molecule has 0 radical (unpaired) electrons. The number of non-ortho nitro benzene ring substituents is 1. The van der Waals surface area contributed by atoms with Gasteiger partial charge in [0.15, 0.2) is 0 Å². The number of nitrogens with zero attached hydrogens (tertiary/aromatic N) is 1. The van der Waals surface area contributed by atoms with Gasteiger partial charge in [0.05, 0.1) is 21.2 Å². The summed E-state index contributed by atoms with van der Waals surface area (Å²) in [7, 11) is 0. The van der Waals surface area contributed by atoms with Crippen molar-refractivity contribution in [1.82, 2.24) is 0 Å². The zero-order valence-corrected chi connectivity index (χ0v) is 11.1. The smallest absolute Gasteiger partial charge is 0.338 e. The Balaban J connectivity index is 2.52. The van der Waals surface area contributed by atoms with Crippen LogP contribution in [-0.2, 0) is 0 Å². The van der Waals surface area contributed by atoms with Gasteiger partial charge in [-0.3, -0.25) is 10.1 Å². The van der Waals surface area contributed by atoms with Crippen LogP contribution in [0.1, 0.15) is 10.4 Å². The van der Waals surface area contributed by atoms with Crippen molar-refractivity contribution in [3.8, 4) is 0 Å². The highest BCUT2D eigenvalue weighted by atomic mass is 35.5. The van der Waals surface area contributed by atoms with Gasteiger partial charge in [0, 0.05) is 17.8 Å². The monoisotopic (exact) mass is 310 g/mol. The van der Waals surface area contributed by atoms with E-state index in [1.54, 1.807) is 0 Å². The summed E-state index contributed by atoms with van der Waals surface area (Å²) in [6.45, 7) is 0. The highest BCUT2D eigenvalue weighted by Crippen LogP contribution is 2.33. The quantitative estimate of drug-likeness (QED) is 0.661. The number of carbonyl (C=O) groups is 1. The molecule has 2 N–H and O–H groups in total. The van der Waals surface area contributed by atoms with Crippen LogP contribution in [0.2, 0.25) is 5.02 Å². The van der Waals surface area contributed by atoms with E-state index >= 15 is 0 Å². The van der Waals surface area contributed by atoms with Crippen LogP contribution in [0.4, 0.5) is 21.5 Å². The number of nitrogens with one attached hydrogen (secondary N) is 1. The molecule has 8 heteroatoms. The summed E-state index contributed by atoms with van der Waals surface area (Å²) in [5.74, 6) is -1.91. The average molecular weight is 311 g/mol. The first-order valence-corrected chi connectivity index (χ1v) is 6.00. The minimum absolute atomic E-state index is 0.0413. The molecule has 0 saturated carbocycles. The second kappa shape index (κ2) is 5.76. The molecule has 2 aromatic carbocycles. The lowest BCUT2D eigenvalue weighted by atomic mass is 10.1. The van der Waals surface area contributed by atoms with Crippen LogP contribution in [0.5, 0.6) is 0 Å². The molecule has 0 aromatic heterocycles. The van der Waals surface area contributed by atoms with E-state index in [0.29, 0.717) is 0 Å². The predicted octanol–water partition coefficient (Wildman–Crippen LogP) is 3.83. The number of carboxylic acids is 1. The third kappa shape index (κ3) is 3.26. The first-order valence-electron chi connectivity index (χ1n) is 5.62. The predicted molar refractivity (Wildman–Crippen MR) is 74.7 cm³/mol. The average Bonchev–Trinajstić information content (AvgIpc) is 2.40. The highest BCUT2D eigenvalue weighted by molar-refractivity contribution is 6.34. The van der Waals surface area contributed by atoms with Crippen LogP contribution in [0.15, 0.2) is 36.4 Å².